The van der Waals surface area contributed by atoms with Crippen LogP contribution in [0.2, 0.25) is 10.0 Å². The second kappa shape index (κ2) is 11.3. The van der Waals surface area contributed by atoms with Gasteiger partial charge in [-0.1, -0.05) is 29.3 Å². The first-order chi connectivity index (χ1) is 15.7. The summed E-state index contributed by atoms with van der Waals surface area (Å²) in [5.74, 6) is -0.321. The van der Waals surface area contributed by atoms with Gasteiger partial charge in [-0.25, -0.2) is 0 Å². The van der Waals surface area contributed by atoms with Crippen molar-refractivity contribution >= 4 is 74.1 Å². The zero-order chi connectivity index (χ0) is 24.1. The lowest BCUT2D eigenvalue weighted by Gasteiger charge is -2.15. The molecule has 0 N–H and O–H groups in total. The van der Waals surface area contributed by atoms with Crippen LogP contribution in [0.3, 0.4) is 0 Å². The van der Waals surface area contributed by atoms with Gasteiger partial charge in [-0.15, -0.1) is 0 Å². The van der Waals surface area contributed by atoms with Gasteiger partial charge in [0.25, 0.3) is 11.1 Å². The van der Waals surface area contributed by atoms with Gasteiger partial charge in [0, 0.05) is 0 Å². The lowest BCUT2D eigenvalue weighted by molar-refractivity contribution is -0.143. The third-order valence-electron chi connectivity index (χ3n) is 4.39. The zero-order valence-electron chi connectivity index (χ0n) is 17.5. The average Bonchev–Trinajstić information content (AvgIpc) is 3.03. The minimum Gasteiger partial charge on any atom is -0.490 e. The monoisotopic (exact) mass is 573 g/mol. The number of amides is 2. The Balaban J connectivity index is 1.84. The maximum absolute atomic E-state index is 12.6. The Labute approximate surface area is 213 Å². The topological polar surface area (TPSA) is 82.1 Å². The van der Waals surface area contributed by atoms with Gasteiger partial charge in [-0.3, -0.25) is 19.3 Å². The van der Waals surface area contributed by atoms with Crippen molar-refractivity contribution in [3.8, 4) is 11.5 Å². The van der Waals surface area contributed by atoms with Crippen molar-refractivity contribution in [2.24, 2.45) is 0 Å². The Morgan fingerprint density at radius 3 is 2.58 bits per heavy atom. The maximum Gasteiger partial charge on any atom is 0.325 e. The zero-order valence-corrected chi connectivity index (χ0v) is 21.4. The van der Waals surface area contributed by atoms with Crippen molar-refractivity contribution < 1.29 is 28.6 Å². The first kappa shape index (κ1) is 25.4. The standard InChI is InChI=1S/C22H18BrCl2NO6S/c1-3-31-17-8-13(9-18-21(28)26(22(29)33-18)10-19(27)30-2)6-14(23)20(17)32-11-12-4-5-15(24)16(25)7-12/h4-9H,3,10-11H2,1-2H3/b18-9-. The number of ether oxygens (including phenoxy) is 3. The predicted octanol–water partition coefficient (Wildman–Crippen LogP) is 5.94. The van der Waals surface area contributed by atoms with E-state index in [1.807, 2.05) is 6.92 Å². The predicted molar refractivity (Wildman–Crippen MR) is 131 cm³/mol. The van der Waals surface area contributed by atoms with Crippen molar-refractivity contribution in [3.05, 3.63) is 60.9 Å². The fourth-order valence-electron chi connectivity index (χ4n) is 2.84. The molecule has 0 aliphatic carbocycles. The van der Waals surface area contributed by atoms with E-state index in [0.717, 1.165) is 22.2 Å². The van der Waals surface area contributed by atoms with Gasteiger partial charge in [0.2, 0.25) is 0 Å². The van der Waals surface area contributed by atoms with Gasteiger partial charge in [-0.2, -0.15) is 0 Å². The Kier molecular flexibility index (Phi) is 8.69. The van der Waals surface area contributed by atoms with Crippen LogP contribution in [0.4, 0.5) is 4.79 Å². The SMILES string of the molecule is CCOc1cc(/C=C2\SC(=O)N(CC(=O)OC)C2=O)cc(Br)c1OCc1ccc(Cl)c(Cl)c1. The number of imide groups is 1. The summed E-state index contributed by atoms with van der Waals surface area (Å²) in [7, 11) is 1.19. The molecule has 0 saturated carbocycles. The molecule has 0 unspecified atom stereocenters. The molecule has 0 atom stereocenters. The molecule has 2 aromatic carbocycles. The number of methoxy groups -OCH3 is 1. The highest BCUT2D eigenvalue weighted by molar-refractivity contribution is 9.10. The fraction of sp³-hybridized carbons (Fsp3) is 0.227. The summed E-state index contributed by atoms with van der Waals surface area (Å²) < 4.78 is 16.8. The first-order valence-corrected chi connectivity index (χ1v) is 11.9. The van der Waals surface area contributed by atoms with Crippen LogP contribution in [0.25, 0.3) is 6.08 Å². The number of esters is 1. The van der Waals surface area contributed by atoms with Crippen LogP contribution in [0.1, 0.15) is 18.1 Å². The third-order valence-corrected chi connectivity index (χ3v) is 6.62. The number of rotatable bonds is 8. The molecule has 1 aliphatic rings. The van der Waals surface area contributed by atoms with Gasteiger partial charge in [0.05, 0.1) is 33.1 Å². The van der Waals surface area contributed by atoms with Crippen molar-refractivity contribution in [1.29, 1.82) is 0 Å². The van der Waals surface area contributed by atoms with Crippen LogP contribution in [0, 0.1) is 0 Å². The number of hydrogen-bond donors (Lipinski definition) is 0. The number of carbonyl (C=O) groups excluding carboxylic acids is 3. The molecule has 3 rings (SSSR count). The molecule has 1 heterocycles. The smallest absolute Gasteiger partial charge is 0.325 e. The molecule has 174 valence electrons. The first-order valence-electron chi connectivity index (χ1n) is 9.58. The van der Waals surface area contributed by atoms with Gasteiger partial charge in [-0.05, 0) is 76.1 Å². The lowest BCUT2D eigenvalue weighted by atomic mass is 10.1. The molecular formula is C22H18BrCl2NO6S. The molecular weight excluding hydrogens is 557 g/mol. The Bertz CT molecular complexity index is 1140. The van der Waals surface area contributed by atoms with Crippen LogP contribution >= 0.6 is 50.9 Å². The van der Waals surface area contributed by atoms with Gasteiger partial charge >= 0.3 is 5.97 Å². The number of carbonyl (C=O) groups is 3. The molecule has 0 radical (unpaired) electrons. The molecule has 2 aromatic rings. The van der Waals surface area contributed by atoms with E-state index >= 15 is 0 Å². The van der Waals surface area contributed by atoms with Gasteiger partial charge < -0.3 is 14.2 Å². The molecule has 0 aromatic heterocycles. The molecule has 1 fully saturated rings. The van der Waals surface area contributed by atoms with Crippen molar-refractivity contribution in [2.45, 2.75) is 13.5 Å². The average molecular weight is 575 g/mol. The van der Waals surface area contributed by atoms with Crippen LogP contribution in [-0.2, 0) is 20.9 Å². The van der Waals surface area contributed by atoms with Crippen LogP contribution < -0.4 is 9.47 Å². The minimum absolute atomic E-state index is 0.183. The van der Waals surface area contributed by atoms with Crippen LogP contribution in [-0.4, -0.2) is 42.3 Å². The van der Waals surface area contributed by atoms with E-state index in [1.54, 1.807) is 36.4 Å². The van der Waals surface area contributed by atoms with Crippen molar-refractivity contribution in [1.82, 2.24) is 4.90 Å². The Morgan fingerprint density at radius 1 is 1.15 bits per heavy atom. The molecule has 7 nitrogen and oxygen atoms in total. The van der Waals surface area contributed by atoms with Crippen LogP contribution in [0.5, 0.6) is 11.5 Å². The number of nitrogens with zero attached hydrogens (tertiary/aromatic N) is 1. The Morgan fingerprint density at radius 2 is 1.91 bits per heavy atom. The highest BCUT2D eigenvalue weighted by Crippen LogP contribution is 2.40. The summed E-state index contributed by atoms with van der Waals surface area (Å²) in [5.41, 5.74) is 1.43. The van der Waals surface area contributed by atoms with Crippen LogP contribution in [0.15, 0.2) is 39.7 Å². The van der Waals surface area contributed by atoms with Gasteiger partial charge in [0.15, 0.2) is 11.5 Å². The van der Waals surface area contributed by atoms with Gasteiger partial charge in [0.1, 0.15) is 13.2 Å². The Hall–Kier alpha value is -2.20. The quantitative estimate of drug-likeness (QED) is 0.285. The highest BCUT2D eigenvalue weighted by Gasteiger charge is 2.36. The van der Waals surface area contributed by atoms with E-state index in [2.05, 4.69) is 20.7 Å². The molecule has 11 heteroatoms. The summed E-state index contributed by atoms with van der Waals surface area (Å²) in [6, 6.07) is 8.66. The summed E-state index contributed by atoms with van der Waals surface area (Å²) in [6.45, 7) is 2.01. The van der Waals surface area contributed by atoms with E-state index < -0.39 is 23.7 Å². The second-order valence-electron chi connectivity index (χ2n) is 6.64. The number of hydrogen-bond acceptors (Lipinski definition) is 7. The lowest BCUT2D eigenvalue weighted by Crippen LogP contribution is -2.34. The number of halogens is 3. The van der Waals surface area contributed by atoms with E-state index in [4.69, 9.17) is 32.7 Å². The molecule has 0 spiro atoms. The second-order valence-corrected chi connectivity index (χ2v) is 9.31. The molecule has 1 saturated heterocycles. The third kappa shape index (κ3) is 6.23. The summed E-state index contributed by atoms with van der Waals surface area (Å²) in [6.07, 6.45) is 1.55. The fourth-order valence-corrected chi connectivity index (χ4v) is 4.57. The molecule has 33 heavy (non-hydrogen) atoms. The minimum atomic E-state index is -0.677. The van der Waals surface area contributed by atoms with E-state index in [0.29, 0.717) is 38.2 Å². The van der Waals surface area contributed by atoms with Crippen molar-refractivity contribution in [2.75, 3.05) is 20.3 Å². The maximum atomic E-state index is 12.6. The molecule has 1 aliphatic heterocycles. The van der Waals surface area contributed by atoms with Crippen molar-refractivity contribution in [3.63, 3.8) is 0 Å². The number of thioether (sulfide) groups is 1. The molecule has 0 bridgehead atoms. The molecule has 2 amide bonds. The van der Waals surface area contributed by atoms with E-state index in [-0.39, 0.29) is 11.5 Å². The van der Waals surface area contributed by atoms with E-state index in [9.17, 15) is 14.4 Å². The normalized spacial score (nSPS) is 14.7. The summed E-state index contributed by atoms with van der Waals surface area (Å²) in [4.78, 5) is 37.2. The summed E-state index contributed by atoms with van der Waals surface area (Å²) >= 11 is 16.3. The highest BCUT2D eigenvalue weighted by atomic mass is 79.9. The van der Waals surface area contributed by atoms with E-state index in [1.165, 1.54) is 7.11 Å². The largest absolute Gasteiger partial charge is 0.490 e. The number of benzene rings is 2. The summed E-state index contributed by atoms with van der Waals surface area (Å²) in [5, 5.41) is 0.345.